The minimum atomic E-state index is -0.00428. The van der Waals surface area contributed by atoms with Crippen molar-refractivity contribution in [2.24, 2.45) is 34.5 Å². The van der Waals surface area contributed by atoms with Gasteiger partial charge in [0.25, 0.3) is 0 Å². The van der Waals surface area contributed by atoms with Gasteiger partial charge in [0.2, 0.25) is 5.91 Å². The van der Waals surface area contributed by atoms with Gasteiger partial charge in [-0.05, 0) is 67.8 Å². The minimum absolute atomic E-state index is 0.00428. The third-order valence-corrected chi connectivity index (χ3v) is 8.41. The van der Waals surface area contributed by atoms with Crippen LogP contribution in [0.3, 0.4) is 0 Å². The van der Waals surface area contributed by atoms with E-state index in [2.05, 4.69) is 25.2 Å². The number of rotatable bonds is 1. The maximum Gasteiger partial charge on any atom is 0.309 e. The van der Waals surface area contributed by atoms with Crippen LogP contribution in [0.15, 0.2) is 12.2 Å². The van der Waals surface area contributed by atoms with E-state index in [1.807, 2.05) is 0 Å². The fourth-order valence-electron chi connectivity index (χ4n) is 7.06. The van der Waals surface area contributed by atoms with Crippen LogP contribution < -0.4 is 5.32 Å². The van der Waals surface area contributed by atoms with Crippen molar-refractivity contribution < 1.29 is 14.3 Å². The second-order valence-corrected chi connectivity index (χ2v) is 9.27. The number of amides is 1. The first-order valence-electron chi connectivity index (χ1n) is 9.97. The highest BCUT2D eigenvalue weighted by molar-refractivity contribution is 5.89. The molecule has 0 spiro atoms. The predicted octanol–water partition coefficient (Wildman–Crippen LogP) is 3.46. The van der Waals surface area contributed by atoms with E-state index in [0.717, 1.165) is 32.1 Å². The molecule has 25 heavy (non-hydrogen) atoms. The summed E-state index contributed by atoms with van der Waals surface area (Å²) in [4.78, 5) is 24.2. The number of hydrogen-bond donors (Lipinski definition) is 1. The first-order chi connectivity index (χ1) is 11.9. The van der Waals surface area contributed by atoms with Crippen molar-refractivity contribution in [2.75, 3.05) is 7.11 Å². The zero-order chi connectivity index (χ0) is 17.8. The van der Waals surface area contributed by atoms with Crippen LogP contribution in [0.1, 0.15) is 58.8 Å². The van der Waals surface area contributed by atoms with Crippen molar-refractivity contribution in [3.8, 4) is 0 Å². The molecule has 0 radical (unpaired) electrons. The van der Waals surface area contributed by atoms with E-state index in [9.17, 15) is 9.59 Å². The lowest BCUT2D eigenvalue weighted by molar-refractivity contribution is -0.165. The normalized spacial score (nSPS) is 48.6. The summed E-state index contributed by atoms with van der Waals surface area (Å²) in [5, 5.41) is 3.21. The molecule has 1 aliphatic heterocycles. The number of esters is 1. The Bertz CT molecular complexity index is 614. The van der Waals surface area contributed by atoms with Gasteiger partial charge in [0, 0.05) is 11.5 Å². The van der Waals surface area contributed by atoms with Crippen molar-refractivity contribution in [3.05, 3.63) is 12.2 Å². The molecule has 3 saturated carbocycles. The highest BCUT2D eigenvalue weighted by atomic mass is 16.5. The largest absolute Gasteiger partial charge is 0.469 e. The van der Waals surface area contributed by atoms with Crippen LogP contribution in [0.25, 0.3) is 0 Å². The smallest absolute Gasteiger partial charge is 0.309 e. The fourth-order valence-corrected chi connectivity index (χ4v) is 7.06. The molecule has 4 aliphatic rings. The SMILES string of the molecule is COC(=O)C1CCCC2C3CCC4NC(=O)C=CC4(C)C3CCC12C. The lowest BCUT2D eigenvalue weighted by Crippen LogP contribution is -2.61. The topological polar surface area (TPSA) is 55.4 Å². The van der Waals surface area contributed by atoms with E-state index in [1.165, 1.54) is 20.0 Å². The van der Waals surface area contributed by atoms with Gasteiger partial charge >= 0.3 is 5.97 Å². The Kier molecular flexibility index (Phi) is 4.01. The first kappa shape index (κ1) is 17.1. The summed E-state index contributed by atoms with van der Waals surface area (Å²) >= 11 is 0. The Morgan fingerprint density at radius 1 is 1.16 bits per heavy atom. The van der Waals surface area contributed by atoms with Crippen LogP contribution in [0, 0.1) is 34.5 Å². The van der Waals surface area contributed by atoms with E-state index in [1.54, 1.807) is 6.08 Å². The third-order valence-electron chi connectivity index (χ3n) is 8.41. The van der Waals surface area contributed by atoms with Gasteiger partial charge < -0.3 is 10.1 Å². The van der Waals surface area contributed by atoms with E-state index in [0.29, 0.717) is 17.8 Å². The van der Waals surface area contributed by atoms with Crippen LogP contribution in [0.2, 0.25) is 0 Å². The Hall–Kier alpha value is -1.32. The third kappa shape index (κ3) is 2.39. The number of nitrogens with one attached hydrogen (secondary N) is 1. The lowest BCUT2D eigenvalue weighted by Gasteiger charge is -2.61. The Labute approximate surface area is 150 Å². The molecule has 0 aromatic rings. The van der Waals surface area contributed by atoms with Crippen LogP contribution in [-0.2, 0) is 14.3 Å². The van der Waals surface area contributed by atoms with Gasteiger partial charge in [-0.1, -0.05) is 26.3 Å². The van der Waals surface area contributed by atoms with E-state index < -0.39 is 0 Å². The van der Waals surface area contributed by atoms with Crippen molar-refractivity contribution >= 4 is 11.9 Å². The summed E-state index contributed by atoms with van der Waals surface area (Å²) < 4.78 is 5.16. The van der Waals surface area contributed by atoms with Gasteiger partial charge in [-0.25, -0.2) is 0 Å². The van der Waals surface area contributed by atoms with Gasteiger partial charge in [0.15, 0.2) is 0 Å². The summed E-state index contributed by atoms with van der Waals surface area (Å²) in [7, 11) is 1.53. The van der Waals surface area contributed by atoms with E-state index in [4.69, 9.17) is 4.74 Å². The van der Waals surface area contributed by atoms with Crippen LogP contribution in [0.4, 0.5) is 0 Å². The molecule has 7 unspecified atom stereocenters. The molecule has 4 rings (SSSR count). The van der Waals surface area contributed by atoms with Crippen molar-refractivity contribution in [3.63, 3.8) is 0 Å². The highest BCUT2D eigenvalue weighted by Crippen LogP contribution is 2.63. The molecule has 3 aliphatic carbocycles. The summed E-state index contributed by atoms with van der Waals surface area (Å²) in [5.41, 5.74) is 0.147. The van der Waals surface area contributed by atoms with Gasteiger partial charge in [-0.2, -0.15) is 0 Å². The van der Waals surface area contributed by atoms with Gasteiger partial charge in [-0.15, -0.1) is 0 Å². The molecule has 4 heteroatoms. The maximum absolute atomic E-state index is 12.4. The second-order valence-electron chi connectivity index (χ2n) is 9.27. The summed E-state index contributed by atoms with van der Waals surface area (Å²) in [6, 6.07) is 0.274. The average molecular weight is 345 g/mol. The quantitative estimate of drug-likeness (QED) is 0.741. The highest BCUT2D eigenvalue weighted by Gasteiger charge is 2.59. The number of carbonyl (C=O) groups is 2. The maximum atomic E-state index is 12.4. The fraction of sp³-hybridized carbons (Fsp3) is 0.810. The summed E-state index contributed by atoms with van der Waals surface area (Å²) in [6.07, 6.45) is 11.8. The van der Waals surface area contributed by atoms with Gasteiger partial charge in [-0.3, -0.25) is 9.59 Å². The molecule has 0 aromatic heterocycles. The zero-order valence-electron chi connectivity index (χ0n) is 15.7. The Morgan fingerprint density at radius 2 is 1.96 bits per heavy atom. The van der Waals surface area contributed by atoms with Crippen LogP contribution in [-0.4, -0.2) is 25.0 Å². The van der Waals surface area contributed by atoms with Crippen LogP contribution in [0.5, 0.6) is 0 Å². The lowest BCUT2D eigenvalue weighted by atomic mass is 9.44. The number of ether oxygens (including phenoxy) is 1. The number of fused-ring (bicyclic) bond motifs is 5. The van der Waals surface area contributed by atoms with E-state index in [-0.39, 0.29) is 34.7 Å². The molecule has 7 atom stereocenters. The Morgan fingerprint density at radius 3 is 2.72 bits per heavy atom. The number of hydrogen-bond acceptors (Lipinski definition) is 3. The van der Waals surface area contributed by atoms with Crippen LogP contribution >= 0.6 is 0 Å². The molecular weight excluding hydrogens is 314 g/mol. The number of methoxy groups -OCH3 is 1. The van der Waals surface area contributed by atoms with Crippen molar-refractivity contribution in [2.45, 2.75) is 64.8 Å². The average Bonchev–Trinajstić information content (AvgIpc) is 2.60. The molecule has 1 N–H and O–H groups in total. The predicted molar refractivity (Wildman–Crippen MR) is 95.6 cm³/mol. The molecule has 1 heterocycles. The first-order valence-corrected chi connectivity index (χ1v) is 9.97. The molecule has 138 valence electrons. The molecule has 1 amide bonds. The second kappa shape index (κ2) is 5.85. The molecule has 0 aromatic carbocycles. The number of carbonyl (C=O) groups excluding carboxylic acids is 2. The van der Waals surface area contributed by atoms with Crippen molar-refractivity contribution in [1.29, 1.82) is 0 Å². The molecule has 3 fully saturated rings. The van der Waals surface area contributed by atoms with Crippen molar-refractivity contribution in [1.82, 2.24) is 5.32 Å². The van der Waals surface area contributed by atoms with Gasteiger partial charge in [0.1, 0.15) is 0 Å². The minimum Gasteiger partial charge on any atom is -0.469 e. The summed E-state index contributed by atoms with van der Waals surface area (Å²) in [6.45, 7) is 4.69. The zero-order valence-corrected chi connectivity index (χ0v) is 15.7. The molecular formula is C21H31NO3. The van der Waals surface area contributed by atoms with Gasteiger partial charge in [0.05, 0.1) is 13.0 Å². The molecule has 4 nitrogen and oxygen atoms in total. The standard InChI is InChI=1S/C21H31NO3/c1-20-11-9-15-13(14(20)5-4-6-16(20)19(24)25-3)7-8-17-21(15,2)12-10-18(23)22-17/h10,12-17H,4-9,11H2,1-3H3,(H,22,23). The summed E-state index contributed by atoms with van der Waals surface area (Å²) in [5.74, 6) is 1.99. The Balaban J connectivity index is 1.66. The molecule has 0 bridgehead atoms. The monoisotopic (exact) mass is 345 g/mol. The van der Waals surface area contributed by atoms with E-state index >= 15 is 0 Å². The molecule has 0 saturated heterocycles.